The lowest BCUT2D eigenvalue weighted by Crippen LogP contribution is -2.21. The van der Waals surface area contributed by atoms with Crippen molar-refractivity contribution in [3.8, 4) is 5.75 Å². The van der Waals surface area contributed by atoms with Crippen molar-refractivity contribution in [3.63, 3.8) is 0 Å². The van der Waals surface area contributed by atoms with E-state index in [2.05, 4.69) is 30.4 Å². The van der Waals surface area contributed by atoms with E-state index >= 15 is 0 Å². The molecule has 17 heavy (non-hydrogen) atoms. The van der Waals surface area contributed by atoms with Crippen molar-refractivity contribution in [2.75, 3.05) is 13.7 Å². The summed E-state index contributed by atoms with van der Waals surface area (Å²) in [6.45, 7) is 3.02. The third kappa shape index (κ3) is 3.01. The van der Waals surface area contributed by atoms with Gasteiger partial charge < -0.3 is 10.1 Å². The van der Waals surface area contributed by atoms with Crippen LogP contribution in [0.15, 0.2) is 18.2 Å². The Balaban J connectivity index is 2.10. The molecule has 1 N–H and O–H groups in total. The van der Waals surface area contributed by atoms with Crippen LogP contribution in [-0.2, 0) is 6.42 Å². The second-order valence-corrected chi connectivity index (χ2v) is 4.80. The van der Waals surface area contributed by atoms with Crippen LogP contribution in [0.1, 0.15) is 49.8 Å². The Hall–Kier alpha value is -1.02. The number of unbranched alkanes of at least 4 members (excludes halogenated alkanes) is 1. The first-order valence-corrected chi connectivity index (χ1v) is 6.78. The molecule has 0 radical (unpaired) electrons. The summed E-state index contributed by atoms with van der Waals surface area (Å²) >= 11 is 0. The summed E-state index contributed by atoms with van der Waals surface area (Å²) in [6.07, 6.45) is 6.05. The van der Waals surface area contributed by atoms with Crippen LogP contribution in [0.2, 0.25) is 0 Å². The molecular weight excluding hydrogens is 210 g/mol. The fraction of sp³-hybridized carbons (Fsp3) is 0.600. The molecule has 2 nitrogen and oxygen atoms in total. The number of fused-ring (bicyclic) bond motifs is 1. The first-order chi connectivity index (χ1) is 8.35. The monoisotopic (exact) mass is 233 g/mol. The highest BCUT2D eigenvalue weighted by atomic mass is 16.5. The number of hydrogen-bond acceptors (Lipinski definition) is 2. The number of benzene rings is 1. The summed E-state index contributed by atoms with van der Waals surface area (Å²) in [4.78, 5) is 0. The first-order valence-electron chi connectivity index (χ1n) is 6.78. The normalized spacial score (nSPS) is 18.8. The van der Waals surface area contributed by atoms with Gasteiger partial charge in [-0.25, -0.2) is 0 Å². The van der Waals surface area contributed by atoms with E-state index in [-0.39, 0.29) is 0 Å². The number of nitrogens with one attached hydrogen (secondary N) is 1. The minimum absolute atomic E-state index is 0.508. The van der Waals surface area contributed by atoms with E-state index in [0.29, 0.717) is 6.04 Å². The van der Waals surface area contributed by atoms with Crippen molar-refractivity contribution in [2.45, 2.75) is 45.1 Å². The van der Waals surface area contributed by atoms with E-state index in [1.807, 2.05) is 7.05 Å². The van der Waals surface area contributed by atoms with Crippen LogP contribution in [-0.4, -0.2) is 13.7 Å². The molecule has 0 bridgehead atoms. The smallest absolute Gasteiger partial charge is 0.119 e. The molecule has 1 aliphatic rings. The predicted molar refractivity (Wildman–Crippen MR) is 71.6 cm³/mol. The lowest BCUT2D eigenvalue weighted by atomic mass is 9.87. The third-order valence-electron chi connectivity index (χ3n) is 3.55. The summed E-state index contributed by atoms with van der Waals surface area (Å²) in [5, 5.41) is 3.40. The summed E-state index contributed by atoms with van der Waals surface area (Å²) in [5.74, 6) is 1.03. The van der Waals surface area contributed by atoms with E-state index < -0.39 is 0 Å². The molecule has 0 aliphatic heterocycles. The Morgan fingerprint density at radius 1 is 1.41 bits per heavy atom. The molecule has 0 aromatic heterocycles. The lowest BCUT2D eigenvalue weighted by molar-refractivity contribution is 0.308. The van der Waals surface area contributed by atoms with Crippen molar-refractivity contribution >= 4 is 0 Å². The summed E-state index contributed by atoms with van der Waals surface area (Å²) in [5.41, 5.74) is 2.92. The molecule has 2 heteroatoms. The van der Waals surface area contributed by atoms with Crippen LogP contribution in [0.25, 0.3) is 0 Å². The van der Waals surface area contributed by atoms with Crippen LogP contribution < -0.4 is 10.1 Å². The van der Waals surface area contributed by atoms with Gasteiger partial charge in [-0.15, -0.1) is 0 Å². The zero-order valence-electron chi connectivity index (χ0n) is 11.0. The molecule has 1 unspecified atom stereocenters. The molecule has 0 heterocycles. The molecule has 0 fully saturated rings. The van der Waals surface area contributed by atoms with E-state index in [4.69, 9.17) is 4.74 Å². The predicted octanol–water partition coefficient (Wildman–Crippen LogP) is 3.46. The van der Waals surface area contributed by atoms with Crippen molar-refractivity contribution in [2.24, 2.45) is 0 Å². The quantitative estimate of drug-likeness (QED) is 0.786. The molecule has 0 amide bonds. The van der Waals surface area contributed by atoms with Gasteiger partial charge in [0.05, 0.1) is 6.61 Å². The van der Waals surface area contributed by atoms with Gasteiger partial charge >= 0.3 is 0 Å². The third-order valence-corrected chi connectivity index (χ3v) is 3.55. The molecule has 1 aromatic carbocycles. The minimum atomic E-state index is 0.508. The zero-order valence-corrected chi connectivity index (χ0v) is 11.0. The molecule has 2 rings (SSSR count). The van der Waals surface area contributed by atoms with Crippen molar-refractivity contribution in [1.82, 2.24) is 5.32 Å². The molecule has 1 atom stereocenters. The maximum absolute atomic E-state index is 5.78. The van der Waals surface area contributed by atoms with Gasteiger partial charge in [0.1, 0.15) is 5.75 Å². The highest BCUT2D eigenvalue weighted by Gasteiger charge is 2.18. The minimum Gasteiger partial charge on any atom is -0.494 e. The van der Waals surface area contributed by atoms with E-state index in [0.717, 1.165) is 18.8 Å². The van der Waals surface area contributed by atoms with Gasteiger partial charge in [0.2, 0.25) is 0 Å². The fourth-order valence-electron chi connectivity index (χ4n) is 2.50. The van der Waals surface area contributed by atoms with Gasteiger partial charge in [-0.1, -0.05) is 19.4 Å². The highest BCUT2D eigenvalue weighted by molar-refractivity contribution is 5.39. The van der Waals surface area contributed by atoms with E-state index in [1.165, 1.54) is 36.8 Å². The van der Waals surface area contributed by atoms with Crippen LogP contribution in [0.5, 0.6) is 5.75 Å². The second kappa shape index (κ2) is 6.06. The van der Waals surface area contributed by atoms with Crippen LogP contribution in [0, 0.1) is 0 Å². The maximum Gasteiger partial charge on any atom is 0.119 e. The average Bonchev–Trinajstić information content (AvgIpc) is 2.38. The molecule has 94 valence electrons. The Morgan fingerprint density at radius 3 is 3.06 bits per heavy atom. The topological polar surface area (TPSA) is 21.3 Å². The van der Waals surface area contributed by atoms with Crippen LogP contribution >= 0.6 is 0 Å². The average molecular weight is 233 g/mol. The highest BCUT2D eigenvalue weighted by Crippen LogP contribution is 2.32. The molecule has 0 saturated carbocycles. The number of hydrogen-bond donors (Lipinski definition) is 1. The number of aryl methyl sites for hydroxylation is 1. The molecule has 0 spiro atoms. The zero-order chi connectivity index (χ0) is 12.1. The SMILES string of the molecule is CCCCOc1ccc2c(c1)C(NC)CCC2. The maximum atomic E-state index is 5.78. The van der Waals surface area contributed by atoms with Crippen molar-refractivity contribution in [3.05, 3.63) is 29.3 Å². The summed E-state index contributed by atoms with van der Waals surface area (Å²) in [7, 11) is 2.05. The van der Waals surface area contributed by atoms with E-state index in [9.17, 15) is 0 Å². The van der Waals surface area contributed by atoms with Gasteiger partial charge in [0.25, 0.3) is 0 Å². The number of rotatable bonds is 5. The standard InChI is InChI=1S/C15H23NO/c1-3-4-10-17-13-9-8-12-6-5-7-15(16-2)14(12)11-13/h8-9,11,15-16H,3-7,10H2,1-2H3. The number of ether oxygens (including phenoxy) is 1. The lowest BCUT2D eigenvalue weighted by Gasteiger charge is -2.25. The Labute approximate surface area is 104 Å². The first kappa shape index (κ1) is 12.4. The Kier molecular flexibility index (Phi) is 4.43. The Morgan fingerprint density at radius 2 is 2.29 bits per heavy atom. The van der Waals surface area contributed by atoms with Crippen LogP contribution in [0.3, 0.4) is 0 Å². The molecule has 1 aromatic rings. The van der Waals surface area contributed by atoms with Crippen molar-refractivity contribution < 1.29 is 4.74 Å². The molecule has 1 aliphatic carbocycles. The summed E-state index contributed by atoms with van der Waals surface area (Å²) < 4.78 is 5.78. The van der Waals surface area contributed by atoms with Gasteiger partial charge in [-0.3, -0.25) is 0 Å². The van der Waals surface area contributed by atoms with Gasteiger partial charge in [0.15, 0.2) is 0 Å². The van der Waals surface area contributed by atoms with Crippen molar-refractivity contribution in [1.29, 1.82) is 0 Å². The Bertz CT molecular complexity index is 362. The van der Waals surface area contributed by atoms with Crippen LogP contribution in [0.4, 0.5) is 0 Å². The van der Waals surface area contributed by atoms with E-state index in [1.54, 1.807) is 0 Å². The van der Waals surface area contributed by atoms with Gasteiger partial charge in [-0.05, 0) is 56.0 Å². The molecule has 0 saturated heterocycles. The molecular formula is C15H23NO. The largest absolute Gasteiger partial charge is 0.494 e. The fourth-order valence-corrected chi connectivity index (χ4v) is 2.50. The van der Waals surface area contributed by atoms with Gasteiger partial charge in [0, 0.05) is 6.04 Å². The second-order valence-electron chi connectivity index (χ2n) is 4.80. The van der Waals surface area contributed by atoms with Gasteiger partial charge in [-0.2, -0.15) is 0 Å². The summed E-state index contributed by atoms with van der Waals surface area (Å²) in [6, 6.07) is 7.09.